The Hall–Kier alpha value is -1.54. The topological polar surface area (TPSA) is 37.6 Å². The Morgan fingerprint density at radius 3 is 1.02 bits per heavy atom. The number of hydrogen-bond donors (Lipinski definition) is 0. The summed E-state index contributed by atoms with van der Waals surface area (Å²) in [5.74, 6) is 0. The van der Waals surface area contributed by atoms with Gasteiger partial charge in [0.2, 0.25) is 0 Å². The summed E-state index contributed by atoms with van der Waals surface area (Å²) in [6, 6.07) is 30.2. The van der Waals surface area contributed by atoms with E-state index >= 15 is 0 Å². The van der Waals surface area contributed by atoms with Crippen molar-refractivity contribution in [1.29, 1.82) is 0 Å². The molecular weight excluding hydrogens is 741 g/mol. The molecule has 2 aromatic carbocycles. The number of nitrogens with zero attached hydrogens (tertiary/aromatic N) is 3. The van der Waals surface area contributed by atoms with Gasteiger partial charge in [-0.05, 0) is 74.2 Å². The molecule has 284 valence electrons. The summed E-state index contributed by atoms with van der Waals surface area (Å²) < 4.78 is 0. The fourth-order valence-corrected chi connectivity index (χ4v) is 19.4. The van der Waals surface area contributed by atoms with Crippen molar-refractivity contribution in [2.75, 3.05) is 0 Å². The van der Waals surface area contributed by atoms with Crippen LogP contribution in [0.2, 0.25) is 48.4 Å². The van der Waals surface area contributed by atoms with Gasteiger partial charge in [0.1, 0.15) is 0 Å². The fourth-order valence-electron chi connectivity index (χ4n) is 8.54. The van der Waals surface area contributed by atoms with Crippen LogP contribution in [0.25, 0.3) is 0 Å². The molecule has 0 unspecified atom stereocenters. The van der Waals surface area contributed by atoms with Crippen LogP contribution in [0.1, 0.15) is 114 Å². The standard InChI is InChI=1S/C43H67N3Si2.2ClH.Fe/c1-11-26-47(27-12-2,28-13-3)32-40(45-42-34(7)20-17-21-35(42)8)38-24-19-25-39(44-38)41(46-43-36(9)22-18-23-37(43)10)33-48(29-14-4,30-15-5)31-16-6;;;/h17-25H,11-16,26-33H2,1-10H3;2*1H;/q;;;+2/p-2. The SMILES string of the molecule is CCC[Si](CCC)(CCC)CC(=Nc1c(C)cccc1C)c1cccc(C(C[Si](CCC)(CCC)CCC)=Nc2c(C)cccc2C)n1.[Cl][Fe][Cl]. The van der Waals surface area contributed by atoms with E-state index in [2.05, 4.69) is 124 Å². The van der Waals surface area contributed by atoms with Gasteiger partial charge in [-0.15, -0.1) is 0 Å². The van der Waals surface area contributed by atoms with Crippen molar-refractivity contribution in [3.05, 3.63) is 88.2 Å². The quantitative estimate of drug-likeness (QED) is 0.0827. The molecule has 3 nitrogen and oxygen atoms in total. The molecule has 0 aliphatic rings. The molecule has 3 rings (SSSR count). The van der Waals surface area contributed by atoms with E-state index in [1.54, 1.807) is 0 Å². The number of aromatic nitrogens is 1. The number of aryl methyl sites for hydroxylation is 4. The van der Waals surface area contributed by atoms with Crippen LogP contribution in [0, 0.1) is 27.7 Å². The van der Waals surface area contributed by atoms with Crippen LogP contribution in [0.15, 0.2) is 64.6 Å². The van der Waals surface area contributed by atoms with E-state index in [-0.39, 0.29) is 13.1 Å². The van der Waals surface area contributed by atoms with Crippen LogP contribution in [0.4, 0.5) is 11.4 Å². The van der Waals surface area contributed by atoms with Crippen LogP contribution in [0.5, 0.6) is 0 Å². The predicted molar refractivity (Wildman–Crippen MR) is 232 cm³/mol. The average Bonchev–Trinajstić information content (AvgIpc) is 3.08. The molecule has 0 bridgehead atoms. The van der Waals surface area contributed by atoms with Crippen molar-refractivity contribution in [2.45, 2.75) is 156 Å². The van der Waals surface area contributed by atoms with Gasteiger partial charge in [-0.3, -0.25) is 9.98 Å². The van der Waals surface area contributed by atoms with Crippen LogP contribution in [0.3, 0.4) is 0 Å². The second-order valence-electron chi connectivity index (χ2n) is 14.9. The molecule has 0 aliphatic carbocycles. The van der Waals surface area contributed by atoms with Gasteiger partial charge in [-0.2, -0.15) is 0 Å². The summed E-state index contributed by atoms with van der Waals surface area (Å²) in [5.41, 5.74) is 11.7. The van der Waals surface area contributed by atoms with Crippen molar-refractivity contribution >= 4 is 59.1 Å². The molecule has 0 saturated carbocycles. The monoisotopic (exact) mass is 807 g/mol. The number of para-hydroxylation sites is 2. The van der Waals surface area contributed by atoms with Gasteiger partial charge in [-0.1, -0.05) is 159 Å². The molecule has 3 aromatic rings. The second-order valence-corrected chi connectivity index (χ2v) is 26.4. The van der Waals surface area contributed by atoms with Gasteiger partial charge in [0.05, 0.1) is 50.3 Å². The molecule has 0 fully saturated rings. The molecule has 0 N–H and O–H groups in total. The molecule has 0 atom stereocenters. The summed E-state index contributed by atoms with van der Waals surface area (Å²) in [5, 5.41) is 0. The predicted octanol–water partition coefficient (Wildman–Crippen LogP) is 15.3. The van der Waals surface area contributed by atoms with Gasteiger partial charge in [0.15, 0.2) is 0 Å². The number of hydrogen-bond acceptors (Lipinski definition) is 3. The van der Waals surface area contributed by atoms with Gasteiger partial charge in [0, 0.05) is 0 Å². The van der Waals surface area contributed by atoms with Crippen LogP contribution >= 0.6 is 20.2 Å². The molecule has 51 heavy (non-hydrogen) atoms. The van der Waals surface area contributed by atoms with Crippen LogP contribution in [-0.2, 0) is 13.1 Å². The number of rotatable bonds is 20. The Morgan fingerprint density at radius 1 is 0.510 bits per heavy atom. The molecule has 1 heterocycles. The van der Waals surface area contributed by atoms with Crippen LogP contribution in [-0.4, -0.2) is 32.6 Å². The first-order valence-electron chi connectivity index (χ1n) is 19.6. The summed E-state index contributed by atoms with van der Waals surface area (Å²) >= 11 is 0.194. The van der Waals surface area contributed by atoms with E-state index in [1.165, 1.54) is 108 Å². The molecular formula is C43H67Cl2FeN3Si2. The minimum absolute atomic E-state index is 0.194. The van der Waals surface area contributed by atoms with Crippen molar-refractivity contribution < 1.29 is 13.1 Å². The number of halogens is 2. The zero-order valence-corrected chi connectivity index (χ0v) is 38.2. The van der Waals surface area contributed by atoms with Crippen molar-refractivity contribution in [2.24, 2.45) is 9.98 Å². The van der Waals surface area contributed by atoms with E-state index in [4.69, 9.17) is 35.2 Å². The number of pyridine rings is 1. The fraction of sp³-hybridized carbons (Fsp3) is 0.558. The maximum absolute atomic E-state index is 5.60. The molecule has 0 radical (unpaired) electrons. The summed E-state index contributed by atoms with van der Waals surface area (Å²) in [4.78, 5) is 16.8. The molecule has 0 amide bonds. The van der Waals surface area contributed by atoms with Gasteiger partial charge in [-0.25, -0.2) is 4.98 Å². The third-order valence-electron chi connectivity index (χ3n) is 10.5. The summed E-state index contributed by atoms with van der Waals surface area (Å²) in [6.07, 6.45) is 7.51. The van der Waals surface area contributed by atoms with Gasteiger partial charge in [0.25, 0.3) is 0 Å². The van der Waals surface area contributed by atoms with Crippen LogP contribution < -0.4 is 0 Å². The normalized spacial score (nSPS) is 12.6. The van der Waals surface area contributed by atoms with Crippen molar-refractivity contribution in [1.82, 2.24) is 4.98 Å². The van der Waals surface area contributed by atoms with Gasteiger partial charge < -0.3 is 0 Å². The average molecular weight is 809 g/mol. The first-order valence-corrected chi connectivity index (χ1v) is 28.3. The molecule has 8 heteroatoms. The van der Waals surface area contributed by atoms with E-state index in [9.17, 15) is 0 Å². The molecule has 1 aromatic heterocycles. The van der Waals surface area contributed by atoms with E-state index in [0.717, 1.165) is 34.9 Å². The Kier molecular flexibility index (Phi) is 21.5. The first-order chi connectivity index (χ1) is 24.5. The Labute approximate surface area is 329 Å². The number of benzene rings is 2. The third-order valence-corrected chi connectivity index (χ3v) is 22.0. The molecule has 0 spiro atoms. The minimum atomic E-state index is -1.62. The van der Waals surface area contributed by atoms with E-state index < -0.39 is 16.1 Å². The van der Waals surface area contributed by atoms with Crippen molar-refractivity contribution in [3.8, 4) is 0 Å². The Morgan fingerprint density at radius 2 is 0.765 bits per heavy atom. The summed E-state index contributed by atoms with van der Waals surface area (Å²) in [6.45, 7) is 23.1. The Balaban J connectivity index is 0.00000290. The zero-order valence-electron chi connectivity index (χ0n) is 33.5. The Bertz CT molecular complexity index is 1360. The number of aliphatic imine (C=N–C) groups is 2. The first kappa shape index (κ1) is 45.6. The van der Waals surface area contributed by atoms with E-state index in [0.29, 0.717) is 0 Å². The summed E-state index contributed by atoms with van der Waals surface area (Å²) in [7, 11) is 6.30. The molecule has 0 saturated heterocycles. The third kappa shape index (κ3) is 14.0. The molecule has 0 aliphatic heterocycles. The van der Waals surface area contributed by atoms with Gasteiger partial charge >= 0.3 is 33.3 Å². The second kappa shape index (κ2) is 24.0. The maximum atomic E-state index is 5.60. The van der Waals surface area contributed by atoms with E-state index in [1.807, 2.05) is 0 Å². The zero-order chi connectivity index (χ0) is 37.9. The van der Waals surface area contributed by atoms with Crippen molar-refractivity contribution in [3.63, 3.8) is 0 Å².